The van der Waals surface area contributed by atoms with Gasteiger partial charge in [0.2, 0.25) is 5.91 Å². The first-order valence-electron chi connectivity index (χ1n) is 10.7. The van der Waals surface area contributed by atoms with Gasteiger partial charge in [0.25, 0.3) is 5.91 Å². The molecule has 0 unspecified atom stereocenters. The van der Waals surface area contributed by atoms with Gasteiger partial charge in [-0.1, -0.05) is 0 Å². The molecule has 3 N–H and O–H groups in total. The maximum Gasteiger partial charge on any atom is 0.270 e. The predicted molar refractivity (Wildman–Crippen MR) is 119 cm³/mol. The topological polar surface area (TPSA) is 117 Å². The molecule has 1 saturated carbocycles. The molecule has 2 fully saturated rings. The van der Waals surface area contributed by atoms with E-state index in [-0.39, 0.29) is 42.2 Å². The number of pyridine rings is 1. The van der Waals surface area contributed by atoms with Crippen molar-refractivity contribution in [3.05, 3.63) is 30.2 Å². The molecule has 31 heavy (non-hydrogen) atoms. The number of likely N-dealkylation sites (tertiary alicyclic amines) is 1. The van der Waals surface area contributed by atoms with Crippen molar-refractivity contribution >= 4 is 35.1 Å². The quantitative estimate of drug-likeness (QED) is 0.749. The second kappa shape index (κ2) is 9.67. The summed E-state index contributed by atoms with van der Waals surface area (Å²) in [6.45, 7) is 0.620. The van der Waals surface area contributed by atoms with Crippen LogP contribution < -0.4 is 11.1 Å². The number of nitrogens with two attached hydrogens (primary N) is 1. The van der Waals surface area contributed by atoms with Crippen molar-refractivity contribution in [2.24, 2.45) is 18.7 Å². The average molecular weight is 445 g/mol. The number of rotatable bonds is 4. The fraction of sp³-hybridized carbons (Fsp3) is 0.545. The van der Waals surface area contributed by atoms with Gasteiger partial charge in [0, 0.05) is 31.2 Å². The number of nitrogens with zero attached hydrogens (tertiary/aromatic N) is 4. The third kappa shape index (κ3) is 4.68. The van der Waals surface area contributed by atoms with Gasteiger partial charge < -0.3 is 20.5 Å². The standard InChI is InChI=1S/C22H28N6O2.ClH/c1-27-10-8-15-11-18(25-13-19(15)27)21(29)26-16-6-4-14(5-7-16)20(24)22(30)28-9-2-3-17(28)12-23;/h8,10-11,13-14,16-17,20H,2-7,9,24H2,1H3,(H,26,29);1H/t14-,16-,17-,20-;/m0./s1. The van der Waals surface area contributed by atoms with E-state index in [9.17, 15) is 14.9 Å². The van der Waals surface area contributed by atoms with Crippen molar-refractivity contribution in [1.29, 1.82) is 5.26 Å². The van der Waals surface area contributed by atoms with Crippen molar-refractivity contribution in [1.82, 2.24) is 19.8 Å². The van der Waals surface area contributed by atoms with Crippen LogP contribution in [0.4, 0.5) is 0 Å². The van der Waals surface area contributed by atoms with Gasteiger partial charge in [-0.05, 0) is 56.6 Å². The van der Waals surface area contributed by atoms with E-state index in [1.807, 2.05) is 29.9 Å². The second-order valence-corrected chi connectivity index (χ2v) is 8.48. The van der Waals surface area contributed by atoms with Crippen LogP contribution in [0.2, 0.25) is 0 Å². The van der Waals surface area contributed by atoms with Crippen LogP contribution in [-0.2, 0) is 11.8 Å². The van der Waals surface area contributed by atoms with Crippen LogP contribution in [0.5, 0.6) is 0 Å². The Morgan fingerprint density at radius 3 is 2.74 bits per heavy atom. The molecule has 166 valence electrons. The number of aromatic nitrogens is 2. The summed E-state index contributed by atoms with van der Waals surface area (Å²) in [6.07, 6.45) is 8.40. The largest absolute Gasteiger partial charge is 0.349 e. The molecule has 2 aromatic rings. The van der Waals surface area contributed by atoms with Crippen molar-refractivity contribution in [3.8, 4) is 6.07 Å². The summed E-state index contributed by atoms with van der Waals surface area (Å²) in [4.78, 5) is 31.3. The molecule has 3 heterocycles. The van der Waals surface area contributed by atoms with E-state index in [2.05, 4.69) is 16.4 Å². The van der Waals surface area contributed by atoms with E-state index in [0.29, 0.717) is 12.2 Å². The summed E-state index contributed by atoms with van der Waals surface area (Å²) < 4.78 is 1.97. The number of nitrogens with one attached hydrogen (secondary N) is 1. The molecule has 1 saturated heterocycles. The van der Waals surface area contributed by atoms with Gasteiger partial charge in [0.1, 0.15) is 11.7 Å². The maximum absolute atomic E-state index is 12.7. The summed E-state index contributed by atoms with van der Waals surface area (Å²) in [6, 6.07) is 5.13. The Hall–Kier alpha value is -2.63. The molecule has 2 amide bonds. The zero-order valence-corrected chi connectivity index (χ0v) is 18.5. The normalized spacial score (nSPS) is 24.3. The van der Waals surface area contributed by atoms with Crippen LogP contribution in [0.3, 0.4) is 0 Å². The zero-order valence-electron chi connectivity index (χ0n) is 17.7. The van der Waals surface area contributed by atoms with Gasteiger partial charge in [-0.25, -0.2) is 4.98 Å². The molecule has 2 aliphatic rings. The fourth-order valence-corrected chi connectivity index (χ4v) is 4.73. The zero-order chi connectivity index (χ0) is 21.3. The van der Waals surface area contributed by atoms with E-state index in [0.717, 1.165) is 49.4 Å². The lowest BCUT2D eigenvalue weighted by Gasteiger charge is -2.34. The summed E-state index contributed by atoms with van der Waals surface area (Å²) in [5, 5.41) is 13.3. The number of carbonyl (C=O) groups excluding carboxylic acids is 2. The lowest BCUT2D eigenvalue weighted by molar-refractivity contribution is -0.134. The third-order valence-corrected chi connectivity index (χ3v) is 6.59. The second-order valence-electron chi connectivity index (χ2n) is 8.48. The van der Waals surface area contributed by atoms with E-state index in [1.54, 1.807) is 11.1 Å². The molecule has 8 nitrogen and oxygen atoms in total. The van der Waals surface area contributed by atoms with Gasteiger partial charge in [-0.15, -0.1) is 12.4 Å². The highest BCUT2D eigenvalue weighted by atomic mass is 35.5. The van der Waals surface area contributed by atoms with E-state index in [4.69, 9.17) is 5.73 Å². The molecule has 0 aromatic carbocycles. The first-order valence-corrected chi connectivity index (χ1v) is 10.7. The number of amides is 2. The molecule has 0 radical (unpaired) electrons. The lowest BCUT2D eigenvalue weighted by Crippen LogP contribution is -2.50. The highest BCUT2D eigenvalue weighted by Crippen LogP contribution is 2.29. The number of nitriles is 1. The first kappa shape index (κ1) is 23.0. The Morgan fingerprint density at radius 1 is 1.29 bits per heavy atom. The van der Waals surface area contributed by atoms with Gasteiger partial charge >= 0.3 is 0 Å². The van der Waals surface area contributed by atoms with Crippen molar-refractivity contribution < 1.29 is 9.59 Å². The van der Waals surface area contributed by atoms with Gasteiger partial charge in [-0.2, -0.15) is 5.26 Å². The number of aryl methyl sites for hydroxylation is 1. The first-order chi connectivity index (χ1) is 14.5. The molecule has 0 spiro atoms. The molecule has 9 heteroatoms. The number of carbonyl (C=O) groups is 2. The molecule has 2 atom stereocenters. The minimum absolute atomic E-state index is 0. The highest BCUT2D eigenvalue weighted by molar-refractivity contribution is 5.96. The van der Waals surface area contributed by atoms with Crippen molar-refractivity contribution in [2.45, 2.75) is 56.7 Å². The third-order valence-electron chi connectivity index (χ3n) is 6.59. The monoisotopic (exact) mass is 444 g/mol. The number of halogens is 1. The lowest BCUT2D eigenvalue weighted by atomic mass is 9.81. The van der Waals surface area contributed by atoms with Crippen LogP contribution in [-0.4, -0.2) is 50.9 Å². The van der Waals surface area contributed by atoms with E-state index >= 15 is 0 Å². The minimum Gasteiger partial charge on any atom is -0.349 e. The molecule has 1 aliphatic carbocycles. The van der Waals surface area contributed by atoms with Crippen LogP contribution in [0.25, 0.3) is 10.9 Å². The predicted octanol–water partition coefficient (Wildman–Crippen LogP) is 2.13. The Balaban J connectivity index is 0.00000272. The molecule has 4 rings (SSSR count). The van der Waals surface area contributed by atoms with E-state index in [1.165, 1.54) is 0 Å². The van der Waals surface area contributed by atoms with Gasteiger partial charge in [0.15, 0.2) is 0 Å². The smallest absolute Gasteiger partial charge is 0.270 e. The van der Waals surface area contributed by atoms with Crippen molar-refractivity contribution in [2.75, 3.05) is 6.54 Å². The van der Waals surface area contributed by atoms with Crippen molar-refractivity contribution in [3.63, 3.8) is 0 Å². The minimum atomic E-state index is -0.572. The SMILES string of the molecule is Cl.Cn1ccc2cc(C(=O)N[C@H]3CC[C@H]([C@H](N)C(=O)N4CCC[C@H]4C#N)CC3)ncc21. The number of hydrogen-bond donors (Lipinski definition) is 2. The molecular weight excluding hydrogens is 416 g/mol. The average Bonchev–Trinajstić information content (AvgIpc) is 3.39. The Morgan fingerprint density at radius 2 is 2.03 bits per heavy atom. The Labute approximate surface area is 188 Å². The summed E-state index contributed by atoms with van der Waals surface area (Å²) in [5.41, 5.74) is 7.69. The van der Waals surface area contributed by atoms with E-state index < -0.39 is 6.04 Å². The fourth-order valence-electron chi connectivity index (χ4n) is 4.73. The molecule has 1 aliphatic heterocycles. The number of fused-ring (bicyclic) bond motifs is 1. The summed E-state index contributed by atoms with van der Waals surface area (Å²) >= 11 is 0. The summed E-state index contributed by atoms with van der Waals surface area (Å²) in [5.74, 6) is -0.185. The van der Waals surface area contributed by atoms with Crippen LogP contribution >= 0.6 is 12.4 Å². The Kier molecular flexibility index (Phi) is 7.19. The highest BCUT2D eigenvalue weighted by Gasteiger charge is 2.36. The van der Waals surface area contributed by atoms with Crippen LogP contribution in [0.15, 0.2) is 24.5 Å². The number of hydrogen-bond acceptors (Lipinski definition) is 5. The van der Waals surface area contributed by atoms with Gasteiger partial charge in [-0.3, -0.25) is 9.59 Å². The maximum atomic E-state index is 12.7. The Bertz CT molecular complexity index is 992. The van der Waals surface area contributed by atoms with Crippen LogP contribution in [0.1, 0.15) is 49.0 Å². The molecular formula is C22H29ClN6O2. The molecule has 2 aromatic heterocycles. The molecule has 0 bridgehead atoms. The summed E-state index contributed by atoms with van der Waals surface area (Å²) in [7, 11) is 1.95. The van der Waals surface area contributed by atoms with Gasteiger partial charge in [0.05, 0.1) is 23.8 Å². The van der Waals surface area contributed by atoms with Crippen LogP contribution in [0, 0.1) is 17.2 Å².